The highest BCUT2D eigenvalue weighted by Gasteiger charge is 2.09. The topological polar surface area (TPSA) is 78.4 Å². The molecule has 0 bridgehead atoms. The van der Waals surface area contributed by atoms with Gasteiger partial charge in [-0.05, 0) is 43.7 Å². The van der Waals surface area contributed by atoms with Crippen molar-refractivity contribution in [2.45, 2.75) is 13.8 Å². The first-order valence-corrected chi connectivity index (χ1v) is 6.89. The molecule has 0 radical (unpaired) electrons. The molecule has 21 heavy (non-hydrogen) atoms. The predicted octanol–water partition coefficient (Wildman–Crippen LogP) is 2.69. The van der Waals surface area contributed by atoms with Crippen molar-refractivity contribution in [1.82, 2.24) is 4.68 Å². The molecule has 1 aromatic carbocycles. The van der Waals surface area contributed by atoms with E-state index in [-0.39, 0.29) is 11.3 Å². The second-order valence-electron chi connectivity index (χ2n) is 4.52. The van der Waals surface area contributed by atoms with Crippen LogP contribution in [0.5, 0.6) is 5.75 Å². The molecule has 1 heterocycles. The van der Waals surface area contributed by atoms with E-state index >= 15 is 0 Å². The number of rotatable bonds is 2. The van der Waals surface area contributed by atoms with Gasteiger partial charge in [-0.2, -0.15) is 10.4 Å². The van der Waals surface area contributed by atoms with Crippen LogP contribution in [0.1, 0.15) is 22.4 Å². The first-order chi connectivity index (χ1) is 9.93. The minimum atomic E-state index is -0.472. The Morgan fingerprint density at radius 2 is 2.10 bits per heavy atom. The maximum absolute atomic E-state index is 12.2. The Balaban J connectivity index is 2.54. The van der Waals surface area contributed by atoms with Gasteiger partial charge in [0.15, 0.2) is 0 Å². The molecule has 0 atom stereocenters. The molecule has 1 aromatic heterocycles. The Bertz CT molecular complexity index is 832. The molecule has 0 spiro atoms. The van der Waals surface area contributed by atoms with Crippen molar-refractivity contribution in [1.29, 1.82) is 5.26 Å². The summed E-state index contributed by atoms with van der Waals surface area (Å²) in [5.74, 6) is 0.0558. The van der Waals surface area contributed by atoms with Gasteiger partial charge in [-0.1, -0.05) is 15.9 Å². The molecule has 0 aliphatic carbocycles. The average molecular weight is 346 g/mol. The zero-order chi connectivity index (χ0) is 15.6. The van der Waals surface area contributed by atoms with E-state index in [0.717, 1.165) is 9.15 Å². The van der Waals surface area contributed by atoms with E-state index in [4.69, 9.17) is 5.26 Å². The number of aromatic hydroxyl groups is 1. The number of nitriles is 1. The molecule has 0 saturated carbocycles. The van der Waals surface area contributed by atoms with E-state index in [2.05, 4.69) is 21.0 Å². The van der Waals surface area contributed by atoms with Crippen molar-refractivity contribution in [3.63, 3.8) is 0 Å². The third kappa shape index (κ3) is 3.03. The fraction of sp³-hybridized carbons (Fsp3) is 0.133. The van der Waals surface area contributed by atoms with E-state index in [0.29, 0.717) is 16.8 Å². The van der Waals surface area contributed by atoms with E-state index < -0.39 is 5.56 Å². The Morgan fingerprint density at radius 1 is 1.38 bits per heavy atom. The van der Waals surface area contributed by atoms with Crippen LogP contribution < -0.4 is 5.56 Å². The molecule has 0 amide bonds. The molecule has 2 aromatic rings. The van der Waals surface area contributed by atoms with Gasteiger partial charge in [0.25, 0.3) is 5.56 Å². The molecule has 0 saturated heterocycles. The quantitative estimate of drug-likeness (QED) is 0.850. The third-order valence-electron chi connectivity index (χ3n) is 2.97. The first-order valence-electron chi connectivity index (χ1n) is 6.10. The minimum absolute atomic E-state index is 0.0558. The number of halogens is 1. The Morgan fingerprint density at radius 3 is 2.76 bits per heavy atom. The number of hydrogen-bond donors (Lipinski definition) is 1. The second kappa shape index (κ2) is 5.94. The number of aromatic nitrogens is 1. The van der Waals surface area contributed by atoms with Crippen molar-refractivity contribution < 1.29 is 5.11 Å². The summed E-state index contributed by atoms with van der Waals surface area (Å²) in [6.45, 7) is 3.44. The summed E-state index contributed by atoms with van der Waals surface area (Å²) in [7, 11) is 0. The van der Waals surface area contributed by atoms with Crippen LogP contribution in [-0.2, 0) is 0 Å². The van der Waals surface area contributed by atoms with Gasteiger partial charge in [-0.25, -0.2) is 4.68 Å². The summed E-state index contributed by atoms with van der Waals surface area (Å²) in [5, 5.41) is 22.8. The van der Waals surface area contributed by atoms with Crippen LogP contribution in [-0.4, -0.2) is 16.0 Å². The Hall–Kier alpha value is -2.39. The molecule has 5 nitrogen and oxygen atoms in total. The van der Waals surface area contributed by atoms with Gasteiger partial charge >= 0.3 is 0 Å². The van der Waals surface area contributed by atoms with Crippen molar-refractivity contribution >= 4 is 22.1 Å². The number of aryl methyl sites for hydroxylation is 2. The van der Waals surface area contributed by atoms with Crippen molar-refractivity contribution in [3.8, 4) is 11.8 Å². The summed E-state index contributed by atoms with van der Waals surface area (Å²) in [6.07, 6.45) is 1.38. The normalized spacial score (nSPS) is 10.8. The summed E-state index contributed by atoms with van der Waals surface area (Å²) >= 11 is 3.30. The third-order valence-corrected chi connectivity index (χ3v) is 3.47. The fourth-order valence-corrected chi connectivity index (χ4v) is 2.29. The van der Waals surface area contributed by atoms with E-state index in [1.807, 2.05) is 6.07 Å². The van der Waals surface area contributed by atoms with Crippen LogP contribution in [0.15, 0.2) is 38.6 Å². The van der Waals surface area contributed by atoms with Crippen molar-refractivity contribution in [2.75, 3.05) is 0 Å². The number of benzene rings is 1. The van der Waals surface area contributed by atoms with Gasteiger partial charge in [0, 0.05) is 15.7 Å². The maximum atomic E-state index is 12.2. The average Bonchev–Trinajstić information content (AvgIpc) is 2.42. The van der Waals surface area contributed by atoms with Crippen molar-refractivity contribution in [2.24, 2.45) is 5.10 Å². The van der Waals surface area contributed by atoms with Gasteiger partial charge < -0.3 is 5.11 Å². The molecule has 0 aliphatic heterocycles. The first kappa shape index (κ1) is 15.0. The van der Waals surface area contributed by atoms with Gasteiger partial charge in [-0.15, -0.1) is 0 Å². The van der Waals surface area contributed by atoms with Gasteiger partial charge in [0.1, 0.15) is 17.4 Å². The SMILES string of the molecule is Cc1cc(C)n(/N=C\c2cc(Br)ccc2O)c(=O)c1C#N. The Kier molecular flexibility index (Phi) is 4.24. The highest BCUT2D eigenvalue weighted by Crippen LogP contribution is 2.20. The lowest BCUT2D eigenvalue weighted by molar-refractivity contribution is 0.474. The lowest BCUT2D eigenvalue weighted by atomic mass is 10.1. The summed E-state index contributed by atoms with van der Waals surface area (Å²) in [5.41, 5.74) is 1.30. The smallest absolute Gasteiger partial charge is 0.289 e. The number of phenols is 1. The van der Waals surface area contributed by atoms with Crippen LogP contribution in [0.4, 0.5) is 0 Å². The van der Waals surface area contributed by atoms with E-state index in [9.17, 15) is 9.90 Å². The van der Waals surface area contributed by atoms with Crippen LogP contribution in [0.3, 0.4) is 0 Å². The molecule has 0 unspecified atom stereocenters. The van der Waals surface area contributed by atoms with Crippen molar-refractivity contribution in [3.05, 3.63) is 61.5 Å². The monoisotopic (exact) mass is 345 g/mol. The predicted molar refractivity (Wildman–Crippen MR) is 83.7 cm³/mol. The van der Waals surface area contributed by atoms with E-state index in [1.54, 1.807) is 32.0 Å². The van der Waals surface area contributed by atoms with Crippen LogP contribution in [0.2, 0.25) is 0 Å². The molecule has 2 rings (SSSR count). The second-order valence-corrected chi connectivity index (χ2v) is 5.44. The highest BCUT2D eigenvalue weighted by atomic mass is 79.9. The number of phenolic OH excluding ortho intramolecular Hbond substituents is 1. The standard InChI is InChI=1S/C15H12BrN3O2/c1-9-5-10(2)19(15(21)13(9)7-17)18-8-11-6-12(16)3-4-14(11)20/h3-6,8,20H,1-2H3/b18-8-. The summed E-state index contributed by atoms with van der Waals surface area (Å²) < 4.78 is 1.93. The fourth-order valence-electron chi connectivity index (χ4n) is 1.91. The molecular formula is C15H12BrN3O2. The van der Waals surface area contributed by atoms with Crippen LogP contribution >= 0.6 is 15.9 Å². The summed E-state index contributed by atoms with van der Waals surface area (Å²) in [6, 6.07) is 8.51. The van der Waals surface area contributed by atoms with Gasteiger partial charge in [0.05, 0.1) is 6.21 Å². The number of hydrogen-bond acceptors (Lipinski definition) is 4. The largest absolute Gasteiger partial charge is 0.507 e. The Labute approximate surface area is 129 Å². The molecule has 1 N–H and O–H groups in total. The number of nitrogens with zero attached hydrogens (tertiary/aromatic N) is 3. The van der Waals surface area contributed by atoms with E-state index in [1.165, 1.54) is 12.3 Å². The molecule has 6 heteroatoms. The zero-order valence-electron chi connectivity index (χ0n) is 11.5. The minimum Gasteiger partial charge on any atom is -0.507 e. The molecule has 106 valence electrons. The van der Waals surface area contributed by atoms with Crippen LogP contribution in [0.25, 0.3) is 0 Å². The number of pyridine rings is 1. The lowest BCUT2D eigenvalue weighted by Gasteiger charge is -2.06. The van der Waals surface area contributed by atoms with Gasteiger partial charge in [0.2, 0.25) is 0 Å². The molecule has 0 fully saturated rings. The zero-order valence-corrected chi connectivity index (χ0v) is 13.0. The van der Waals surface area contributed by atoms with Crippen LogP contribution in [0, 0.1) is 25.2 Å². The van der Waals surface area contributed by atoms with Gasteiger partial charge in [-0.3, -0.25) is 4.79 Å². The molecular weight excluding hydrogens is 334 g/mol. The molecule has 0 aliphatic rings. The maximum Gasteiger partial charge on any atom is 0.289 e. The highest BCUT2D eigenvalue weighted by molar-refractivity contribution is 9.10. The summed E-state index contributed by atoms with van der Waals surface area (Å²) in [4.78, 5) is 12.2. The lowest BCUT2D eigenvalue weighted by Crippen LogP contribution is -2.22.